The van der Waals surface area contributed by atoms with Crippen LogP contribution in [0.5, 0.6) is 0 Å². The summed E-state index contributed by atoms with van der Waals surface area (Å²) in [7, 11) is 1.66. The number of hydrogen-bond donors (Lipinski definition) is 1. The molecule has 1 aromatic heterocycles. The van der Waals surface area contributed by atoms with Gasteiger partial charge in [0.15, 0.2) is 0 Å². The lowest BCUT2D eigenvalue weighted by molar-refractivity contribution is 0.181. The molecule has 1 unspecified atom stereocenters. The molecule has 0 amide bonds. The number of aliphatic hydroxyl groups excluding tert-OH is 1. The van der Waals surface area contributed by atoms with E-state index in [1.807, 2.05) is 18.2 Å². The van der Waals surface area contributed by atoms with Gasteiger partial charge < -0.3 is 14.7 Å². The van der Waals surface area contributed by atoms with E-state index >= 15 is 0 Å². The molecule has 1 aliphatic heterocycles. The molecule has 0 saturated carbocycles. The number of β-amino-alcohol motifs (C(OH)–C–C–N with tert-alkyl or cyclic N) is 1. The molecule has 0 aliphatic carbocycles. The number of nitrogens with zero attached hydrogens (tertiary/aromatic N) is 2. The average Bonchev–Trinajstić information content (AvgIpc) is 2.66. The number of anilines is 1. The van der Waals surface area contributed by atoms with Gasteiger partial charge in [0.1, 0.15) is 5.82 Å². The molecule has 0 aromatic carbocycles. The fraction of sp³-hybridized carbons (Fsp3) is 0.545. The minimum atomic E-state index is -0.210. The van der Waals surface area contributed by atoms with E-state index < -0.39 is 0 Å². The summed E-state index contributed by atoms with van der Waals surface area (Å²) in [6, 6.07) is 5.89. The zero-order valence-corrected chi connectivity index (χ0v) is 8.89. The van der Waals surface area contributed by atoms with Crippen molar-refractivity contribution in [3.05, 3.63) is 23.9 Å². The average molecular weight is 208 g/mol. The third kappa shape index (κ3) is 2.46. The van der Waals surface area contributed by atoms with Crippen molar-refractivity contribution in [3.8, 4) is 0 Å². The van der Waals surface area contributed by atoms with Gasteiger partial charge in [0.2, 0.25) is 0 Å². The summed E-state index contributed by atoms with van der Waals surface area (Å²) in [6.45, 7) is 2.10. The van der Waals surface area contributed by atoms with Crippen LogP contribution in [0.25, 0.3) is 0 Å². The summed E-state index contributed by atoms with van der Waals surface area (Å²) in [4.78, 5) is 6.57. The molecule has 0 spiro atoms. The summed E-state index contributed by atoms with van der Waals surface area (Å²) in [5.41, 5.74) is 0.927. The van der Waals surface area contributed by atoms with Crippen molar-refractivity contribution in [1.82, 2.24) is 4.98 Å². The monoisotopic (exact) mass is 208 g/mol. The standard InChI is InChI=1S/C11H16N2O2/c1-15-8-9-3-2-4-11(12-9)13-6-5-10(14)7-13/h2-4,10,14H,5-8H2,1H3. The molecular weight excluding hydrogens is 192 g/mol. The zero-order chi connectivity index (χ0) is 10.7. The smallest absolute Gasteiger partial charge is 0.128 e. The highest BCUT2D eigenvalue weighted by atomic mass is 16.5. The molecule has 82 valence electrons. The van der Waals surface area contributed by atoms with Gasteiger partial charge in [-0.1, -0.05) is 6.07 Å². The predicted molar refractivity (Wildman–Crippen MR) is 57.8 cm³/mol. The Bertz CT molecular complexity index is 330. The van der Waals surface area contributed by atoms with Crippen molar-refractivity contribution in [2.75, 3.05) is 25.1 Å². The first-order chi connectivity index (χ1) is 7.29. The van der Waals surface area contributed by atoms with Crippen LogP contribution in [0.15, 0.2) is 18.2 Å². The van der Waals surface area contributed by atoms with Crippen molar-refractivity contribution in [3.63, 3.8) is 0 Å². The van der Waals surface area contributed by atoms with Crippen molar-refractivity contribution in [1.29, 1.82) is 0 Å². The highest BCUT2D eigenvalue weighted by Gasteiger charge is 2.21. The number of ether oxygens (including phenoxy) is 1. The van der Waals surface area contributed by atoms with Crippen LogP contribution in [0.4, 0.5) is 5.82 Å². The summed E-state index contributed by atoms with van der Waals surface area (Å²) in [5.74, 6) is 0.932. The van der Waals surface area contributed by atoms with Gasteiger partial charge in [-0.15, -0.1) is 0 Å². The number of aromatic nitrogens is 1. The third-order valence-corrected chi connectivity index (χ3v) is 2.57. The number of aliphatic hydroxyl groups is 1. The van der Waals surface area contributed by atoms with E-state index in [1.165, 1.54) is 0 Å². The molecule has 1 saturated heterocycles. The van der Waals surface area contributed by atoms with Gasteiger partial charge in [-0.25, -0.2) is 4.98 Å². The first-order valence-corrected chi connectivity index (χ1v) is 5.17. The number of methoxy groups -OCH3 is 1. The molecule has 0 radical (unpaired) electrons. The number of rotatable bonds is 3. The first-order valence-electron chi connectivity index (χ1n) is 5.17. The normalized spacial score (nSPS) is 20.9. The molecule has 1 fully saturated rings. The predicted octanol–water partition coefficient (Wildman–Crippen LogP) is 0.799. The van der Waals surface area contributed by atoms with Crippen LogP contribution in [0.2, 0.25) is 0 Å². The fourth-order valence-corrected chi connectivity index (χ4v) is 1.82. The summed E-state index contributed by atoms with van der Waals surface area (Å²) >= 11 is 0. The van der Waals surface area contributed by atoms with Crippen LogP contribution < -0.4 is 4.90 Å². The highest BCUT2D eigenvalue weighted by molar-refractivity contribution is 5.40. The second-order valence-corrected chi connectivity index (χ2v) is 3.81. The van der Waals surface area contributed by atoms with Crippen molar-refractivity contribution in [2.45, 2.75) is 19.1 Å². The Hall–Kier alpha value is -1.13. The maximum absolute atomic E-state index is 9.44. The van der Waals surface area contributed by atoms with E-state index in [-0.39, 0.29) is 6.10 Å². The molecule has 1 atom stereocenters. The van der Waals surface area contributed by atoms with Crippen LogP contribution >= 0.6 is 0 Å². The Morgan fingerprint density at radius 1 is 1.60 bits per heavy atom. The lowest BCUT2D eigenvalue weighted by Crippen LogP contribution is -2.22. The van der Waals surface area contributed by atoms with Gasteiger partial charge in [0, 0.05) is 20.2 Å². The molecule has 1 aliphatic rings. The van der Waals surface area contributed by atoms with Crippen LogP contribution in [-0.4, -0.2) is 36.4 Å². The fourth-order valence-electron chi connectivity index (χ4n) is 1.82. The van der Waals surface area contributed by atoms with Gasteiger partial charge in [0.05, 0.1) is 18.4 Å². The first kappa shape index (κ1) is 10.4. The van der Waals surface area contributed by atoms with E-state index in [4.69, 9.17) is 4.74 Å². The van der Waals surface area contributed by atoms with Crippen molar-refractivity contribution < 1.29 is 9.84 Å². The van der Waals surface area contributed by atoms with Gasteiger partial charge >= 0.3 is 0 Å². The van der Waals surface area contributed by atoms with E-state index in [0.29, 0.717) is 13.2 Å². The van der Waals surface area contributed by atoms with Crippen molar-refractivity contribution >= 4 is 5.82 Å². The second-order valence-electron chi connectivity index (χ2n) is 3.81. The van der Waals surface area contributed by atoms with Crippen LogP contribution in [-0.2, 0) is 11.3 Å². The summed E-state index contributed by atoms with van der Waals surface area (Å²) in [5, 5.41) is 9.44. The molecule has 15 heavy (non-hydrogen) atoms. The van der Waals surface area contributed by atoms with Crippen LogP contribution in [0.3, 0.4) is 0 Å². The summed E-state index contributed by atoms with van der Waals surface area (Å²) < 4.78 is 5.04. The van der Waals surface area contributed by atoms with E-state index in [9.17, 15) is 5.11 Å². The topological polar surface area (TPSA) is 45.6 Å². The second kappa shape index (κ2) is 4.59. The molecule has 0 bridgehead atoms. The zero-order valence-electron chi connectivity index (χ0n) is 8.89. The highest BCUT2D eigenvalue weighted by Crippen LogP contribution is 2.18. The maximum atomic E-state index is 9.44. The van der Waals surface area contributed by atoms with Gasteiger partial charge in [-0.05, 0) is 18.6 Å². The lowest BCUT2D eigenvalue weighted by atomic mass is 10.3. The van der Waals surface area contributed by atoms with Gasteiger partial charge in [0.25, 0.3) is 0 Å². The van der Waals surface area contributed by atoms with Crippen LogP contribution in [0, 0.1) is 0 Å². The van der Waals surface area contributed by atoms with E-state index in [2.05, 4.69) is 9.88 Å². The Balaban J connectivity index is 2.10. The lowest BCUT2D eigenvalue weighted by Gasteiger charge is -2.16. The largest absolute Gasteiger partial charge is 0.391 e. The van der Waals surface area contributed by atoms with E-state index in [0.717, 1.165) is 24.5 Å². The molecule has 2 heterocycles. The van der Waals surface area contributed by atoms with Gasteiger partial charge in [-0.2, -0.15) is 0 Å². The molecule has 4 nitrogen and oxygen atoms in total. The van der Waals surface area contributed by atoms with Crippen molar-refractivity contribution in [2.24, 2.45) is 0 Å². The quantitative estimate of drug-likeness (QED) is 0.798. The Morgan fingerprint density at radius 3 is 3.13 bits per heavy atom. The minimum Gasteiger partial charge on any atom is -0.391 e. The van der Waals surface area contributed by atoms with Crippen LogP contribution in [0.1, 0.15) is 12.1 Å². The number of hydrogen-bond acceptors (Lipinski definition) is 4. The third-order valence-electron chi connectivity index (χ3n) is 2.57. The van der Waals surface area contributed by atoms with E-state index in [1.54, 1.807) is 7.11 Å². The maximum Gasteiger partial charge on any atom is 0.128 e. The number of pyridine rings is 1. The Morgan fingerprint density at radius 2 is 2.47 bits per heavy atom. The minimum absolute atomic E-state index is 0.210. The molecule has 4 heteroatoms. The molecule has 1 N–H and O–H groups in total. The van der Waals surface area contributed by atoms with Gasteiger partial charge in [-0.3, -0.25) is 0 Å². The molecule has 1 aromatic rings. The summed E-state index contributed by atoms with van der Waals surface area (Å²) in [6.07, 6.45) is 0.619. The Kier molecular flexibility index (Phi) is 3.18. The molecule has 2 rings (SSSR count). The molecular formula is C11H16N2O2. The SMILES string of the molecule is COCc1cccc(N2CCC(O)C2)n1. The Labute approximate surface area is 89.5 Å².